The normalized spacial score (nSPS) is 31.1. The number of amides is 2. The molecule has 0 aromatic heterocycles. The summed E-state index contributed by atoms with van der Waals surface area (Å²) in [5.74, 6) is 0.665. The van der Waals surface area contributed by atoms with Crippen molar-refractivity contribution in [2.24, 2.45) is 11.3 Å². The Balaban J connectivity index is 1.26. The van der Waals surface area contributed by atoms with Crippen molar-refractivity contribution in [3.05, 3.63) is 23.8 Å². The van der Waals surface area contributed by atoms with Crippen LogP contribution >= 0.6 is 0 Å². The Bertz CT molecular complexity index is 875. The van der Waals surface area contributed by atoms with E-state index in [9.17, 15) is 14.7 Å². The van der Waals surface area contributed by atoms with Crippen LogP contribution in [0.1, 0.15) is 69.8 Å². The first kappa shape index (κ1) is 21.7. The molecule has 2 aliphatic carbocycles. The summed E-state index contributed by atoms with van der Waals surface area (Å²) in [4.78, 5) is 30.4. The van der Waals surface area contributed by atoms with E-state index in [2.05, 4.69) is 34.2 Å². The number of carbonyl (C=O) groups excluding carboxylic acids is 2. The third-order valence-electron chi connectivity index (χ3n) is 8.51. The van der Waals surface area contributed by atoms with Gasteiger partial charge in [0.25, 0.3) is 0 Å². The van der Waals surface area contributed by atoms with Gasteiger partial charge in [-0.05, 0) is 88.5 Å². The molecule has 5 rings (SSSR count). The fourth-order valence-electron chi connectivity index (χ4n) is 6.28. The summed E-state index contributed by atoms with van der Waals surface area (Å²) in [5.41, 5.74) is 2.94. The van der Waals surface area contributed by atoms with Gasteiger partial charge in [-0.3, -0.25) is 9.59 Å². The Kier molecular flexibility index (Phi) is 5.91. The van der Waals surface area contributed by atoms with E-state index in [1.165, 1.54) is 5.69 Å². The fourth-order valence-corrected chi connectivity index (χ4v) is 6.28. The predicted octanol–water partition coefficient (Wildman–Crippen LogP) is 3.86. The van der Waals surface area contributed by atoms with E-state index in [0.29, 0.717) is 11.9 Å². The lowest BCUT2D eigenvalue weighted by Crippen LogP contribution is -2.50. The lowest BCUT2D eigenvalue weighted by atomic mass is 9.78. The third kappa shape index (κ3) is 4.02. The Morgan fingerprint density at radius 3 is 2.53 bits per heavy atom. The number of anilines is 2. The van der Waals surface area contributed by atoms with Crippen molar-refractivity contribution in [2.45, 2.75) is 83.3 Å². The summed E-state index contributed by atoms with van der Waals surface area (Å²) in [5, 5.41) is 12.9. The highest BCUT2D eigenvalue weighted by atomic mass is 16.3. The predicted molar refractivity (Wildman–Crippen MR) is 126 cm³/mol. The van der Waals surface area contributed by atoms with Crippen LogP contribution < -0.4 is 10.2 Å². The van der Waals surface area contributed by atoms with Crippen LogP contribution in [0.5, 0.6) is 0 Å². The molecule has 2 amide bonds. The number of rotatable bonds is 4. The first-order valence-electron chi connectivity index (χ1n) is 12.6. The van der Waals surface area contributed by atoms with Gasteiger partial charge in [0.05, 0.1) is 11.5 Å². The van der Waals surface area contributed by atoms with E-state index < -0.39 is 0 Å². The van der Waals surface area contributed by atoms with Gasteiger partial charge in [-0.1, -0.05) is 6.42 Å². The SMILES string of the molecule is Cc1cc(NC(=O)C2CCC2)ccc1N1CCC[C@@]2(CCN([C@H]3CC[C@H](O)CC3)C2=O)C1. The lowest BCUT2D eigenvalue weighted by molar-refractivity contribution is -0.139. The van der Waals surface area contributed by atoms with Crippen LogP contribution in [-0.2, 0) is 9.59 Å². The van der Waals surface area contributed by atoms with Crippen molar-refractivity contribution in [3.63, 3.8) is 0 Å². The monoisotopic (exact) mass is 439 g/mol. The molecule has 174 valence electrons. The summed E-state index contributed by atoms with van der Waals surface area (Å²) in [6.45, 7) is 4.72. The number of aliphatic hydroxyl groups excluding tert-OH is 1. The summed E-state index contributed by atoms with van der Waals surface area (Å²) >= 11 is 0. The van der Waals surface area contributed by atoms with Crippen molar-refractivity contribution >= 4 is 23.2 Å². The van der Waals surface area contributed by atoms with Crippen LogP contribution in [0, 0.1) is 18.3 Å². The van der Waals surface area contributed by atoms with Crippen molar-refractivity contribution in [1.82, 2.24) is 4.90 Å². The van der Waals surface area contributed by atoms with Gasteiger partial charge in [-0.2, -0.15) is 0 Å². The van der Waals surface area contributed by atoms with Crippen LogP contribution in [0.2, 0.25) is 0 Å². The number of hydrogen-bond acceptors (Lipinski definition) is 4. The van der Waals surface area contributed by atoms with E-state index >= 15 is 0 Å². The van der Waals surface area contributed by atoms with Gasteiger partial charge >= 0.3 is 0 Å². The molecule has 6 heteroatoms. The van der Waals surface area contributed by atoms with Crippen molar-refractivity contribution in [3.8, 4) is 0 Å². The molecule has 2 heterocycles. The maximum Gasteiger partial charge on any atom is 0.230 e. The molecule has 2 N–H and O–H groups in total. The molecule has 2 saturated carbocycles. The minimum atomic E-state index is -0.266. The van der Waals surface area contributed by atoms with E-state index in [-0.39, 0.29) is 23.3 Å². The second-order valence-electron chi connectivity index (χ2n) is 10.6. The number of carbonyl (C=O) groups is 2. The standard InChI is InChI=1S/C26H37N3O3/c1-18-16-20(27-24(31)19-4-2-5-19)6-11-23(18)28-14-3-12-26(17-28)13-15-29(25(26)32)21-7-9-22(30)10-8-21/h6,11,16,19,21-22,30H,2-5,7-10,12-15,17H2,1H3,(H,27,31)/t21-,22-,26-/m1/s1. The fraction of sp³-hybridized carbons (Fsp3) is 0.692. The van der Waals surface area contributed by atoms with Crippen LogP contribution in [0.15, 0.2) is 18.2 Å². The second kappa shape index (κ2) is 8.69. The number of aliphatic hydroxyl groups is 1. The molecule has 32 heavy (non-hydrogen) atoms. The van der Waals surface area contributed by atoms with Gasteiger partial charge in [-0.25, -0.2) is 0 Å². The number of hydrogen-bond donors (Lipinski definition) is 2. The number of aryl methyl sites for hydroxylation is 1. The van der Waals surface area contributed by atoms with E-state index in [0.717, 1.165) is 95.1 Å². The van der Waals surface area contributed by atoms with Crippen molar-refractivity contribution in [1.29, 1.82) is 0 Å². The average molecular weight is 440 g/mol. The highest BCUT2D eigenvalue weighted by Gasteiger charge is 2.50. The van der Waals surface area contributed by atoms with Crippen molar-refractivity contribution in [2.75, 3.05) is 29.9 Å². The minimum absolute atomic E-state index is 0.146. The number of piperidine rings is 1. The lowest BCUT2D eigenvalue weighted by Gasteiger charge is -2.42. The molecule has 2 saturated heterocycles. The Hall–Kier alpha value is -2.08. The topological polar surface area (TPSA) is 72.9 Å². The Morgan fingerprint density at radius 2 is 1.84 bits per heavy atom. The van der Waals surface area contributed by atoms with Crippen molar-refractivity contribution < 1.29 is 14.7 Å². The highest BCUT2D eigenvalue weighted by molar-refractivity contribution is 5.93. The molecular formula is C26H37N3O3. The zero-order chi connectivity index (χ0) is 22.3. The van der Waals surface area contributed by atoms with Crippen LogP contribution in [0.3, 0.4) is 0 Å². The second-order valence-corrected chi connectivity index (χ2v) is 10.6. The van der Waals surface area contributed by atoms with E-state index in [1.807, 2.05) is 6.07 Å². The Labute approximate surface area is 191 Å². The van der Waals surface area contributed by atoms with Crippen LogP contribution in [0.4, 0.5) is 11.4 Å². The summed E-state index contributed by atoms with van der Waals surface area (Å²) in [6, 6.07) is 6.50. The Morgan fingerprint density at radius 1 is 1.06 bits per heavy atom. The molecule has 1 aromatic rings. The molecule has 2 aliphatic heterocycles. The molecule has 1 aromatic carbocycles. The molecule has 4 aliphatic rings. The van der Waals surface area contributed by atoms with E-state index in [1.54, 1.807) is 0 Å². The van der Waals surface area contributed by atoms with Gasteiger partial charge in [0.15, 0.2) is 0 Å². The maximum absolute atomic E-state index is 13.6. The summed E-state index contributed by atoms with van der Waals surface area (Å²) < 4.78 is 0. The number of benzene rings is 1. The summed E-state index contributed by atoms with van der Waals surface area (Å²) in [7, 11) is 0. The quantitative estimate of drug-likeness (QED) is 0.747. The zero-order valence-electron chi connectivity index (χ0n) is 19.3. The number of nitrogens with zero attached hydrogens (tertiary/aromatic N) is 2. The van der Waals surface area contributed by atoms with Gasteiger partial charge < -0.3 is 20.2 Å². The van der Waals surface area contributed by atoms with Gasteiger partial charge in [0, 0.05) is 43.0 Å². The zero-order valence-corrected chi connectivity index (χ0v) is 19.3. The molecule has 0 unspecified atom stereocenters. The molecule has 1 spiro atoms. The third-order valence-corrected chi connectivity index (χ3v) is 8.51. The van der Waals surface area contributed by atoms with Gasteiger partial charge in [0.1, 0.15) is 0 Å². The number of likely N-dealkylation sites (tertiary alicyclic amines) is 1. The molecule has 0 bridgehead atoms. The highest BCUT2D eigenvalue weighted by Crippen LogP contribution is 2.44. The number of nitrogens with one attached hydrogen (secondary N) is 1. The van der Waals surface area contributed by atoms with Gasteiger partial charge in [-0.15, -0.1) is 0 Å². The van der Waals surface area contributed by atoms with Crippen LogP contribution in [-0.4, -0.2) is 53.6 Å². The smallest absolute Gasteiger partial charge is 0.230 e. The average Bonchev–Trinajstić information content (AvgIpc) is 3.03. The molecule has 6 nitrogen and oxygen atoms in total. The maximum atomic E-state index is 13.6. The minimum Gasteiger partial charge on any atom is -0.393 e. The van der Waals surface area contributed by atoms with Gasteiger partial charge in [0.2, 0.25) is 11.8 Å². The first-order chi connectivity index (χ1) is 15.4. The first-order valence-corrected chi connectivity index (χ1v) is 12.6. The molecule has 4 fully saturated rings. The molecule has 1 atom stereocenters. The summed E-state index contributed by atoms with van der Waals surface area (Å²) in [6.07, 6.45) is 9.42. The molecule has 0 radical (unpaired) electrons. The van der Waals surface area contributed by atoms with E-state index in [4.69, 9.17) is 0 Å². The van der Waals surface area contributed by atoms with Crippen LogP contribution in [0.25, 0.3) is 0 Å². The largest absolute Gasteiger partial charge is 0.393 e. The molecular weight excluding hydrogens is 402 g/mol.